The van der Waals surface area contributed by atoms with Gasteiger partial charge in [0.05, 0.1) is 0 Å². The Hall–Kier alpha value is -0.890. The monoisotopic (exact) mass is 179 g/mol. The Morgan fingerprint density at radius 3 is 2.54 bits per heavy atom. The number of nitrogens with one attached hydrogen (secondary N) is 1. The fourth-order valence-electron chi connectivity index (χ4n) is 1.93. The minimum Gasteiger partial charge on any atom is -0.314 e. The quantitative estimate of drug-likeness (QED) is 0.697. The standard InChI is InChI=1S/C11H14FN/c1-8-6-10(7-13-8)9-2-4-11(12)5-3-9/h2-5,8,10,13H,6-7H2,1H3/t8-,10+/m0/s1. The molecule has 0 spiro atoms. The average Bonchev–Trinajstić information content (AvgIpc) is 2.53. The highest BCUT2D eigenvalue weighted by Gasteiger charge is 2.21. The van der Waals surface area contributed by atoms with Crippen molar-refractivity contribution in [2.75, 3.05) is 6.54 Å². The van der Waals surface area contributed by atoms with Crippen LogP contribution in [-0.2, 0) is 0 Å². The fraction of sp³-hybridized carbons (Fsp3) is 0.455. The highest BCUT2D eigenvalue weighted by molar-refractivity contribution is 5.22. The van der Waals surface area contributed by atoms with Gasteiger partial charge in [0.15, 0.2) is 0 Å². The van der Waals surface area contributed by atoms with Crippen LogP contribution in [0.15, 0.2) is 24.3 Å². The van der Waals surface area contributed by atoms with Crippen LogP contribution in [0.5, 0.6) is 0 Å². The molecule has 0 aliphatic carbocycles. The predicted molar refractivity (Wildman–Crippen MR) is 51.2 cm³/mol. The minimum absolute atomic E-state index is 0.150. The molecule has 0 saturated carbocycles. The van der Waals surface area contributed by atoms with E-state index in [1.807, 2.05) is 12.1 Å². The van der Waals surface area contributed by atoms with Gasteiger partial charge >= 0.3 is 0 Å². The van der Waals surface area contributed by atoms with Crippen LogP contribution >= 0.6 is 0 Å². The highest BCUT2D eigenvalue weighted by atomic mass is 19.1. The molecule has 1 aliphatic heterocycles. The minimum atomic E-state index is -0.150. The van der Waals surface area contributed by atoms with Crippen LogP contribution in [0, 0.1) is 5.82 Å². The summed E-state index contributed by atoms with van der Waals surface area (Å²) in [4.78, 5) is 0. The van der Waals surface area contributed by atoms with Crippen molar-refractivity contribution < 1.29 is 4.39 Å². The number of benzene rings is 1. The van der Waals surface area contributed by atoms with Crippen LogP contribution in [-0.4, -0.2) is 12.6 Å². The van der Waals surface area contributed by atoms with Gasteiger partial charge in [-0.05, 0) is 37.0 Å². The summed E-state index contributed by atoms with van der Waals surface area (Å²) in [6.45, 7) is 3.20. The predicted octanol–water partition coefficient (Wildman–Crippen LogP) is 2.29. The molecule has 70 valence electrons. The third kappa shape index (κ3) is 1.89. The zero-order valence-corrected chi connectivity index (χ0v) is 7.76. The molecule has 1 aromatic rings. The molecule has 2 heteroatoms. The lowest BCUT2D eigenvalue weighted by Gasteiger charge is -2.07. The molecule has 2 rings (SSSR count). The molecule has 0 aromatic heterocycles. The van der Waals surface area contributed by atoms with Crippen molar-refractivity contribution in [2.45, 2.75) is 25.3 Å². The molecular weight excluding hydrogens is 165 g/mol. The van der Waals surface area contributed by atoms with Crippen LogP contribution in [0.2, 0.25) is 0 Å². The lowest BCUT2D eigenvalue weighted by molar-refractivity contribution is 0.624. The number of halogens is 1. The molecule has 1 nitrogen and oxygen atoms in total. The highest BCUT2D eigenvalue weighted by Crippen LogP contribution is 2.25. The van der Waals surface area contributed by atoms with E-state index >= 15 is 0 Å². The molecule has 0 amide bonds. The van der Waals surface area contributed by atoms with Crippen molar-refractivity contribution in [3.8, 4) is 0 Å². The van der Waals surface area contributed by atoms with Gasteiger partial charge in [0.25, 0.3) is 0 Å². The van der Waals surface area contributed by atoms with Gasteiger partial charge < -0.3 is 5.32 Å². The smallest absolute Gasteiger partial charge is 0.123 e. The topological polar surface area (TPSA) is 12.0 Å². The molecular formula is C11H14FN. The summed E-state index contributed by atoms with van der Waals surface area (Å²) < 4.78 is 12.6. The van der Waals surface area contributed by atoms with E-state index in [9.17, 15) is 4.39 Å². The first kappa shape index (κ1) is 8.70. The summed E-state index contributed by atoms with van der Waals surface area (Å²) in [5, 5.41) is 3.39. The van der Waals surface area contributed by atoms with Crippen LogP contribution in [0.3, 0.4) is 0 Å². The molecule has 0 unspecified atom stereocenters. The van der Waals surface area contributed by atoms with Crippen LogP contribution in [0.1, 0.15) is 24.8 Å². The third-order valence-corrected chi connectivity index (χ3v) is 2.69. The SMILES string of the molecule is C[C@H]1C[C@@H](c2ccc(F)cc2)CN1. The number of rotatable bonds is 1. The number of hydrogen-bond donors (Lipinski definition) is 1. The maximum Gasteiger partial charge on any atom is 0.123 e. The Bertz CT molecular complexity index is 281. The van der Waals surface area contributed by atoms with E-state index in [4.69, 9.17) is 0 Å². The molecule has 1 saturated heterocycles. The first-order valence-corrected chi connectivity index (χ1v) is 4.74. The van der Waals surface area contributed by atoms with Crippen molar-refractivity contribution in [1.29, 1.82) is 0 Å². The Labute approximate surface area is 78.0 Å². The Morgan fingerprint density at radius 2 is 2.00 bits per heavy atom. The van der Waals surface area contributed by atoms with E-state index in [1.54, 1.807) is 12.1 Å². The molecule has 1 aromatic carbocycles. The molecule has 13 heavy (non-hydrogen) atoms. The van der Waals surface area contributed by atoms with Crippen LogP contribution < -0.4 is 5.32 Å². The van der Waals surface area contributed by atoms with Crippen molar-refractivity contribution in [3.05, 3.63) is 35.6 Å². The zero-order valence-electron chi connectivity index (χ0n) is 7.76. The van der Waals surface area contributed by atoms with Gasteiger partial charge in [0, 0.05) is 12.6 Å². The van der Waals surface area contributed by atoms with Gasteiger partial charge in [0.2, 0.25) is 0 Å². The Balaban J connectivity index is 2.13. The van der Waals surface area contributed by atoms with E-state index in [1.165, 1.54) is 5.56 Å². The van der Waals surface area contributed by atoms with E-state index < -0.39 is 0 Å². The van der Waals surface area contributed by atoms with Crippen molar-refractivity contribution >= 4 is 0 Å². The first-order chi connectivity index (χ1) is 6.25. The molecule has 1 aliphatic rings. The lowest BCUT2D eigenvalue weighted by atomic mass is 9.97. The zero-order chi connectivity index (χ0) is 9.26. The second-order valence-corrected chi connectivity index (χ2v) is 3.79. The summed E-state index contributed by atoms with van der Waals surface area (Å²) in [7, 11) is 0. The van der Waals surface area contributed by atoms with E-state index in [2.05, 4.69) is 12.2 Å². The Kier molecular flexibility index (Phi) is 2.32. The van der Waals surface area contributed by atoms with Crippen LogP contribution in [0.25, 0.3) is 0 Å². The van der Waals surface area contributed by atoms with Gasteiger partial charge in [0.1, 0.15) is 5.82 Å². The summed E-state index contributed by atoms with van der Waals surface area (Å²) >= 11 is 0. The molecule has 0 bridgehead atoms. The first-order valence-electron chi connectivity index (χ1n) is 4.74. The fourth-order valence-corrected chi connectivity index (χ4v) is 1.93. The third-order valence-electron chi connectivity index (χ3n) is 2.69. The Morgan fingerprint density at radius 1 is 1.31 bits per heavy atom. The van der Waals surface area contributed by atoms with Crippen molar-refractivity contribution in [2.24, 2.45) is 0 Å². The van der Waals surface area contributed by atoms with Gasteiger partial charge in [-0.2, -0.15) is 0 Å². The van der Waals surface area contributed by atoms with E-state index in [0.717, 1.165) is 13.0 Å². The molecule has 2 atom stereocenters. The lowest BCUT2D eigenvalue weighted by Crippen LogP contribution is -2.16. The normalized spacial score (nSPS) is 27.8. The molecule has 1 N–H and O–H groups in total. The summed E-state index contributed by atoms with van der Waals surface area (Å²) in [6.07, 6.45) is 1.16. The maximum absolute atomic E-state index is 12.6. The van der Waals surface area contributed by atoms with Crippen molar-refractivity contribution in [1.82, 2.24) is 5.32 Å². The maximum atomic E-state index is 12.6. The van der Waals surface area contributed by atoms with Gasteiger partial charge in [-0.3, -0.25) is 0 Å². The van der Waals surface area contributed by atoms with E-state index in [0.29, 0.717) is 12.0 Å². The van der Waals surface area contributed by atoms with Gasteiger partial charge in [-0.15, -0.1) is 0 Å². The summed E-state index contributed by atoms with van der Waals surface area (Å²) in [5.74, 6) is 0.415. The molecule has 0 radical (unpaired) electrons. The van der Waals surface area contributed by atoms with Crippen LogP contribution in [0.4, 0.5) is 4.39 Å². The van der Waals surface area contributed by atoms with Gasteiger partial charge in [-0.1, -0.05) is 12.1 Å². The second-order valence-electron chi connectivity index (χ2n) is 3.79. The van der Waals surface area contributed by atoms with Crippen molar-refractivity contribution in [3.63, 3.8) is 0 Å². The van der Waals surface area contributed by atoms with E-state index in [-0.39, 0.29) is 5.82 Å². The second kappa shape index (κ2) is 3.46. The molecule has 1 heterocycles. The van der Waals surface area contributed by atoms with Gasteiger partial charge in [-0.25, -0.2) is 4.39 Å². The molecule has 1 fully saturated rings. The average molecular weight is 179 g/mol. The summed E-state index contributed by atoms with van der Waals surface area (Å²) in [5.41, 5.74) is 1.25. The number of hydrogen-bond acceptors (Lipinski definition) is 1. The largest absolute Gasteiger partial charge is 0.314 e. The summed E-state index contributed by atoms with van der Waals surface area (Å²) in [6, 6.07) is 7.45.